The molecule has 0 bridgehead atoms. The molecule has 0 spiro atoms. The third kappa shape index (κ3) is 9.35. The number of nitrogens with zero attached hydrogens (tertiary/aromatic N) is 4. The molecule has 0 radical (unpaired) electrons. The third-order valence-corrected chi connectivity index (χ3v) is 24.7. The van der Waals surface area contributed by atoms with Gasteiger partial charge in [-0.25, -0.2) is 0 Å². The number of anilines is 6. The Morgan fingerprint density at radius 2 is 0.738 bits per heavy atom. The predicted octanol–water partition coefficient (Wildman–Crippen LogP) is 29.4. The maximum atomic E-state index is 6.59. The lowest BCUT2D eigenvalue weighted by Gasteiger charge is -2.28. The van der Waals surface area contributed by atoms with Crippen molar-refractivity contribution in [3.05, 3.63) is 364 Å². The number of para-hydroxylation sites is 4. The van der Waals surface area contributed by atoms with Gasteiger partial charge in [-0.2, -0.15) is 0 Å². The van der Waals surface area contributed by atoms with Gasteiger partial charge in [0.2, 0.25) is 0 Å². The van der Waals surface area contributed by atoms with Crippen molar-refractivity contribution in [2.75, 3.05) is 9.80 Å². The number of hydrogen-bond donors (Lipinski definition) is 0. The van der Waals surface area contributed by atoms with Crippen LogP contribution in [0.4, 0.5) is 34.1 Å². The molecule has 107 heavy (non-hydrogen) atoms. The first-order valence-electron chi connectivity index (χ1n) is 36.5. The minimum Gasteiger partial charge on any atom is -0.456 e. The molecule has 498 valence electrons. The summed E-state index contributed by atoms with van der Waals surface area (Å²) in [6, 6.07) is 135. The maximum Gasteiger partial charge on any atom is 0.137 e. The van der Waals surface area contributed by atoms with Gasteiger partial charge in [0.05, 0.1) is 27.8 Å². The van der Waals surface area contributed by atoms with Crippen molar-refractivity contribution in [2.45, 2.75) is 0 Å². The summed E-state index contributed by atoms with van der Waals surface area (Å²) in [5, 5.41) is 21.9. The Bertz CT molecular complexity index is 7660. The van der Waals surface area contributed by atoms with Gasteiger partial charge >= 0.3 is 0 Å². The predicted molar refractivity (Wildman–Crippen MR) is 458 cm³/mol. The van der Waals surface area contributed by atoms with Crippen LogP contribution in [0.3, 0.4) is 0 Å². The standard InChI is InChI=1S/C100H60N4OS2/c1-2-20-67(21-3-1)103-89-30-13-10-27-81(89)86-57-71(43-49-92(86)103)102(91-50-47-78(77-24-8-9-25-79(77)91)76-29-16-19-62-17-4-6-22-74(62)76)73-41-46-84-87-54-66-53-64(33-34-65(66)55-98(87)107-99(84)60-73)61-35-38-68(39-36-61)104-90-31-14-11-26-80(90)85-56-69(42-48-93(85)104)101(72-40-45-83-82-28-12-15-32-94(82)105-95(83)59-72)70-44-52-96-88(58-70)100-75-23-7-5-18-63(75)37-51-97(100)106-96/h1-60H. The SMILES string of the molecule is c1ccc(-n2c3ccccc3c3cc(N(c4ccc5c(c4)sc4cc6ccc(-c7ccc(-n8c9ccccc9c9cc(N(c%10ccc%11c(c%10)oc%10ccccc%10%11)c%10ccc%11sc%12ccc%13ccccc%13c%12c%11c%10)ccc98)cc7)cc6cc45)c4ccc(-c5cccc6ccccc56)c5ccccc45)ccc32)cc1. The lowest BCUT2D eigenvalue weighted by atomic mass is 9.93. The molecule has 5 aromatic heterocycles. The zero-order valence-electron chi connectivity index (χ0n) is 57.7. The fraction of sp³-hybridized carbons (Fsp3) is 0. The van der Waals surface area contributed by atoms with Crippen molar-refractivity contribution >= 4 is 206 Å². The van der Waals surface area contributed by atoms with Crippen LogP contribution in [0.2, 0.25) is 0 Å². The average molecular weight is 1400 g/mol. The Hall–Kier alpha value is -13.6. The molecule has 23 rings (SSSR count). The molecule has 5 heterocycles. The summed E-state index contributed by atoms with van der Waals surface area (Å²) < 4.78 is 16.5. The molecule has 5 nitrogen and oxygen atoms in total. The molecule has 0 N–H and O–H groups in total. The fourth-order valence-electron chi connectivity index (χ4n) is 17.5. The topological polar surface area (TPSA) is 29.5 Å². The van der Waals surface area contributed by atoms with Crippen LogP contribution in [0.25, 0.3) is 183 Å². The van der Waals surface area contributed by atoms with Gasteiger partial charge < -0.3 is 23.4 Å². The quantitative estimate of drug-likeness (QED) is 0.137. The zero-order chi connectivity index (χ0) is 70.0. The molecule has 23 aromatic rings. The Labute approximate surface area is 622 Å². The van der Waals surface area contributed by atoms with E-state index in [0.717, 1.165) is 78.5 Å². The highest BCUT2D eigenvalue weighted by atomic mass is 32.1. The lowest BCUT2D eigenvalue weighted by Crippen LogP contribution is -2.10. The number of thiophene rings is 2. The molecular formula is C100H60N4OS2. The molecule has 18 aromatic carbocycles. The molecular weight excluding hydrogens is 1340 g/mol. The van der Waals surface area contributed by atoms with E-state index in [2.05, 4.69) is 377 Å². The number of benzene rings is 18. The van der Waals surface area contributed by atoms with Crippen molar-refractivity contribution < 1.29 is 4.42 Å². The molecule has 0 saturated heterocycles. The van der Waals surface area contributed by atoms with Crippen LogP contribution in [0.1, 0.15) is 0 Å². The normalized spacial score (nSPS) is 12.1. The van der Waals surface area contributed by atoms with E-state index in [1.54, 1.807) is 0 Å². The second kappa shape index (κ2) is 23.5. The van der Waals surface area contributed by atoms with Crippen molar-refractivity contribution in [3.8, 4) is 33.6 Å². The van der Waals surface area contributed by atoms with E-state index in [-0.39, 0.29) is 0 Å². The van der Waals surface area contributed by atoms with Crippen LogP contribution in [0.5, 0.6) is 0 Å². The van der Waals surface area contributed by atoms with Crippen LogP contribution in [0, 0.1) is 0 Å². The first kappa shape index (κ1) is 59.9. The Balaban J connectivity index is 0.614. The second-order valence-electron chi connectivity index (χ2n) is 28.3. The molecule has 0 fully saturated rings. The number of fused-ring (bicyclic) bond motifs is 20. The van der Waals surface area contributed by atoms with E-state index in [0.29, 0.717) is 0 Å². The van der Waals surface area contributed by atoms with Gasteiger partial charge in [0.15, 0.2) is 0 Å². The van der Waals surface area contributed by atoms with Gasteiger partial charge in [0.1, 0.15) is 11.2 Å². The van der Waals surface area contributed by atoms with E-state index < -0.39 is 0 Å². The van der Waals surface area contributed by atoms with E-state index in [1.807, 2.05) is 28.7 Å². The second-order valence-corrected chi connectivity index (χ2v) is 30.4. The molecule has 0 atom stereocenters. The van der Waals surface area contributed by atoms with Crippen LogP contribution in [0.15, 0.2) is 368 Å². The molecule has 0 unspecified atom stereocenters. The van der Waals surface area contributed by atoms with Gasteiger partial charge in [-0.1, -0.05) is 206 Å². The number of hydrogen-bond acceptors (Lipinski definition) is 5. The Morgan fingerprint density at radius 1 is 0.224 bits per heavy atom. The molecule has 0 saturated carbocycles. The zero-order valence-corrected chi connectivity index (χ0v) is 59.3. The summed E-state index contributed by atoms with van der Waals surface area (Å²) in [6.07, 6.45) is 0. The Morgan fingerprint density at radius 3 is 1.50 bits per heavy atom. The summed E-state index contributed by atoms with van der Waals surface area (Å²) in [5.74, 6) is 0. The van der Waals surface area contributed by atoms with Crippen molar-refractivity contribution in [1.82, 2.24) is 9.13 Å². The van der Waals surface area contributed by atoms with E-state index in [4.69, 9.17) is 4.42 Å². The highest BCUT2D eigenvalue weighted by Gasteiger charge is 2.25. The summed E-state index contributed by atoms with van der Waals surface area (Å²) in [6.45, 7) is 0. The molecule has 0 amide bonds. The number of furan rings is 1. The average Bonchev–Trinajstić information content (AvgIpc) is 1.71. The van der Waals surface area contributed by atoms with Crippen molar-refractivity contribution in [2.24, 2.45) is 0 Å². The van der Waals surface area contributed by atoms with Gasteiger partial charge in [-0.3, -0.25) is 0 Å². The van der Waals surface area contributed by atoms with E-state index in [9.17, 15) is 0 Å². The molecule has 0 aliphatic carbocycles. The summed E-state index contributed by atoms with van der Waals surface area (Å²) in [4.78, 5) is 4.90. The minimum absolute atomic E-state index is 0.860. The molecule has 0 aliphatic heterocycles. The largest absolute Gasteiger partial charge is 0.456 e. The summed E-state index contributed by atoms with van der Waals surface area (Å²) >= 11 is 3.73. The molecule has 7 heteroatoms. The number of aromatic nitrogens is 2. The van der Waals surface area contributed by atoms with Gasteiger partial charge in [0.25, 0.3) is 0 Å². The van der Waals surface area contributed by atoms with Gasteiger partial charge in [0, 0.05) is 124 Å². The molecule has 0 aliphatic rings. The lowest BCUT2D eigenvalue weighted by molar-refractivity contribution is 0.669. The highest BCUT2D eigenvalue weighted by Crippen LogP contribution is 2.50. The van der Waals surface area contributed by atoms with Gasteiger partial charge in [-0.05, 0) is 212 Å². The first-order valence-corrected chi connectivity index (χ1v) is 38.1. The number of rotatable bonds is 10. The smallest absolute Gasteiger partial charge is 0.137 e. The van der Waals surface area contributed by atoms with Crippen molar-refractivity contribution in [3.63, 3.8) is 0 Å². The highest BCUT2D eigenvalue weighted by molar-refractivity contribution is 7.26. The first-order chi connectivity index (χ1) is 53.0. The fourth-order valence-corrected chi connectivity index (χ4v) is 19.8. The van der Waals surface area contributed by atoms with Crippen LogP contribution in [-0.2, 0) is 0 Å². The maximum absolute atomic E-state index is 6.59. The van der Waals surface area contributed by atoms with Crippen molar-refractivity contribution in [1.29, 1.82) is 0 Å². The van der Waals surface area contributed by atoms with E-state index >= 15 is 0 Å². The van der Waals surface area contributed by atoms with Gasteiger partial charge in [-0.15, -0.1) is 22.7 Å². The third-order valence-electron chi connectivity index (χ3n) is 22.4. The Kier molecular flexibility index (Phi) is 13.1. The summed E-state index contributed by atoms with van der Waals surface area (Å²) in [7, 11) is 0. The minimum atomic E-state index is 0.860. The van der Waals surface area contributed by atoms with Crippen LogP contribution in [-0.4, -0.2) is 9.13 Å². The van der Waals surface area contributed by atoms with Crippen LogP contribution >= 0.6 is 22.7 Å². The summed E-state index contributed by atoms with van der Waals surface area (Å²) in [5.41, 5.74) is 19.9. The van der Waals surface area contributed by atoms with Crippen LogP contribution < -0.4 is 9.80 Å². The van der Waals surface area contributed by atoms with E-state index in [1.165, 1.54) is 138 Å². The monoisotopic (exact) mass is 1400 g/mol.